The molecule has 6 nitrogen and oxygen atoms in total. The minimum absolute atomic E-state index is 0.101. The Labute approximate surface area is 129 Å². The van der Waals surface area contributed by atoms with Crippen molar-refractivity contribution in [2.75, 3.05) is 24.8 Å². The van der Waals surface area contributed by atoms with Gasteiger partial charge in [-0.3, -0.25) is 0 Å². The van der Waals surface area contributed by atoms with Crippen molar-refractivity contribution in [3.8, 4) is 5.75 Å². The number of carbonyl (C=O) groups excluding carboxylic acids is 1. The average molecular weight is 323 g/mol. The Morgan fingerprint density at radius 3 is 2.64 bits per heavy atom. The number of anilines is 1. The second-order valence-electron chi connectivity index (χ2n) is 4.66. The lowest BCUT2D eigenvalue weighted by molar-refractivity contribution is -0.137. The van der Waals surface area contributed by atoms with Gasteiger partial charge in [-0.2, -0.15) is 0 Å². The molecule has 0 atom stereocenters. The van der Waals surface area contributed by atoms with Crippen LogP contribution in [0, 0.1) is 0 Å². The highest BCUT2D eigenvalue weighted by atomic mass is 32.2. The standard InChI is InChI=1S/C15H17NO5S/c1-4-20-15(17)13(22(3,18)19)9-10-14-16(2)11-7-5-6-8-12(11)21-14/h5-10H,4H2,1-3H3/b13-9-,14-10-. The van der Waals surface area contributed by atoms with E-state index < -0.39 is 20.7 Å². The van der Waals surface area contributed by atoms with Crippen LogP contribution in [-0.4, -0.2) is 34.3 Å². The van der Waals surface area contributed by atoms with Gasteiger partial charge in [-0.1, -0.05) is 12.1 Å². The molecule has 1 aliphatic heterocycles. The molecule has 2 rings (SSSR count). The molecule has 0 N–H and O–H groups in total. The Morgan fingerprint density at radius 1 is 1.36 bits per heavy atom. The van der Waals surface area contributed by atoms with E-state index in [9.17, 15) is 13.2 Å². The van der Waals surface area contributed by atoms with Crippen molar-refractivity contribution in [2.45, 2.75) is 6.92 Å². The third-order valence-corrected chi connectivity index (χ3v) is 4.13. The molecule has 0 saturated heterocycles. The van der Waals surface area contributed by atoms with Crippen molar-refractivity contribution in [1.82, 2.24) is 0 Å². The number of ether oxygens (including phenoxy) is 2. The lowest BCUT2D eigenvalue weighted by Gasteiger charge is -2.10. The highest BCUT2D eigenvalue weighted by Crippen LogP contribution is 2.37. The smallest absolute Gasteiger partial charge is 0.349 e. The zero-order chi connectivity index (χ0) is 16.3. The van der Waals surface area contributed by atoms with E-state index in [1.165, 1.54) is 12.2 Å². The predicted octanol–water partition coefficient (Wildman–Crippen LogP) is 1.85. The van der Waals surface area contributed by atoms with Crippen LogP contribution in [0.4, 0.5) is 5.69 Å². The maximum absolute atomic E-state index is 11.7. The average Bonchev–Trinajstić information content (AvgIpc) is 2.75. The van der Waals surface area contributed by atoms with Gasteiger partial charge in [0.2, 0.25) is 0 Å². The number of nitrogens with zero attached hydrogens (tertiary/aromatic N) is 1. The summed E-state index contributed by atoms with van der Waals surface area (Å²) in [5.74, 6) is 0.216. The normalized spacial score (nSPS) is 16.4. The SMILES string of the molecule is CCOC(=O)/C(=C/C=C1\Oc2ccccc2N1C)S(C)(=O)=O. The summed E-state index contributed by atoms with van der Waals surface area (Å²) in [6.45, 7) is 1.71. The van der Waals surface area contributed by atoms with Crippen LogP contribution in [0.2, 0.25) is 0 Å². The van der Waals surface area contributed by atoms with Crippen LogP contribution in [0.5, 0.6) is 5.75 Å². The fourth-order valence-electron chi connectivity index (χ4n) is 1.96. The van der Waals surface area contributed by atoms with Gasteiger partial charge in [-0.15, -0.1) is 0 Å². The number of hydrogen-bond acceptors (Lipinski definition) is 6. The summed E-state index contributed by atoms with van der Waals surface area (Å²) in [6, 6.07) is 7.39. The van der Waals surface area contributed by atoms with Crippen molar-refractivity contribution in [3.05, 3.63) is 47.2 Å². The quantitative estimate of drug-likeness (QED) is 0.622. The van der Waals surface area contributed by atoms with Crippen molar-refractivity contribution < 1.29 is 22.7 Å². The number of allylic oxidation sites excluding steroid dienone is 2. The lowest BCUT2D eigenvalue weighted by Crippen LogP contribution is -2.16. The molecule has 22 heavy (non-hydrogen) atoms. The maximum Gasteiger partial charge on any atom is 0.349 e. The Morgan fingerprint density at radius 2 is 2.05 bits per heavy atom. The summed E-state index contributed by atoms with van der Waals surface area (Å²) < 4.78 is 33.8. The Hall–Kier alpha value is -2.28. The van der Waals surface area contributed by atoms with Crippen LogP contribution in [-0.2, 0) is 19.4 Å². The number of hydrogen-bond donors (Lipinski definition) is 0. The van der Waals surface area contributed by atoms with E-state index >= 15 is 0 Å². The van der Waals surface area contributed by atoms with Gasteiger partial charge in [0.25, 0.3) is 0 Å². The number of benzene rings is 1. The highest BCUT2D eigenvalue weighted by molar-refractivity contribution is 7.95. The van der Waals surface area contributed by atoms with Crippen LogP contribution in [0.25, 0.3) is 0 Å². The van der Waals surface area contributed by atoms with Gasteiger partial charge in [0, 0.05) is 19.4 Å². The van der Waals surface area contributed by atoms with Crippen molar-refractivity contribution in [3.63, 3.8) is 0 Å². The number of rotatable bonds is 4. The topological polar surface area (TPSA) is 72.9 Å². The van der Waals surface area contributed by atoms with Crippen molar-refractivity contribution >= 4 is 21.5 Å². The Kier molecular flexibility index (Phi) is 4.56. The molecule has 1 heterocycles. The molecule has 1 aromatic rings. The van der Waals surface area contributed by atoms with Crippen LogP contribution in [0.1, 0.15) is 6.92 Å². The van der Waals surface area contributed by atoms with Crippen LogP contribution >= 0.6 is 0 Å². The predicted molar refractivity (Wildman–Crippen MR) is 83.1 cm³/mol. The number of fused-ring (bicyclic) bond motifs is 1. The molecular formula is C15H17NO5S. The van der Waals surface area contributed by atoms with Gasteiger partial charge < -0.3 is 14.4 Å². The largest absolute Gasteiger partial charge is 0.462 e. The van der Waals surface area contributed by atoms with E-state index in [0.717, 1.165) is 11.9 Å². The molecule has 0 fully saturated rings. The number of para-hydroxylation sites is 2. The summed E-state index contributed by atoms with van der Waals surface area (Å²) in [5, 5.41) is 0. The van der Waals surface area contributed by atoms with Crippen molar-refractivity contribution in [2.24, 2.45) is 0 Å². The third-order valence-electron chi connectivity index (χ3n) is 3.03. The second-order valence-corrected chi connectivity index (χ2v) is 6.64. The summed E-state index contributed by atoms with van der Waals surface area (Å²) in [5.41, 5.74) is 0.860. The highest BCUT2D eigenvalue weighted by Gasteiger charge is 2.24. The molecule has 7 heteroatoms. The molecule has 0 spiro atoms. The molecule has 0 aromatic heterocycles. The summed E-state index contributed by atoms with van der Waals surface area (Å²) in [4.78, 5) is 13.1. The summed E-state index contributed by atoms with van der Waals surface area (Å²) >= 11 is 0. The molecule has 1 aromatic carbocycles. The van der Waals surface area contributed by atoms with Gasteiger partial charge in [-0.25, -0.2) is 13.2 Å². The number of carbonyl (C=O) groups is 1. The third kappa shape index (κ3) is 3.30. The summed E-state index contributed by atoms with van der Waals surface area (Å²) in [6.07, 6.45) is 3.60. The second kappa shape index (κ2) is 6.23. The molecule has 0 radical (unpaired) electrons. The first kappa shape index (κ1) is 16.1. The Bertz CT molecular complexity index is 749. The lowest BCUT2D eigenvalue weighted by atomic mass is 10.3. The maximum atomic E-state index is 11.7. The van der Waals surface area contributed by atoms with Gasteiger partial charge in [-0.05, 0) is 25.1 Å². The van der Waals surface area contributed by atoms with E-state index in [4.69, 9.17) is 9.47 Å². The van der Waals surface area contributed by atoms with E-state index in [1.807, 2.05) is 18.2 Å². The fourth-order valence-corrected chi connectivity index (χ4v) is 2.64. The molecule has 1 aliphatic rings. The zero-order valence-electron chi connectivity index (χ0n) is 12.6. The van der Waals surface area contributed by atoms with E-state index in [-0.39, 0.29) is 6.61 Å². The van der Waals surface area contributed by atoms with Crippen LogP contribution in [0.3, 0.4) is 0 Å². The van der Waals surface area contributed by atoms with Gasteiger partial charge >= 0.3 is 5.97 Å². The molecule has 0 bridgehead atoms. The number of esters is 1. The summed E-state index contributed by atoms with van der Waals surface area (Å²) in [7, 11) is -1.91. The van der Waals surface area contributed by atoms with E-state index in [1.54, 1.807) is 24.9 Å². The number of sulfone groups is 1. The van der Waals surface area contributed by atoms with Gasteiger partial charge in [0.05, 0.1) is 12.3 Å². The van der Waals surface area contributed by atoms with Gasteiger partial charge in [0.15, 0.2) is 26.4 Å². The Balaban J connectivity index is 2.34. The first-order valence-electron chi connectivity index (χ1n) is 6.64. The fraction of sp³-hybridized carbons (Fsp3) is 0.267. The molecular weight excluding hydrogens is 306 g/mol. The zero-order valence-corrected chi connectivity index (χ0v) is 13.4. The van der Waals surface area contributed by atoms with Crippen molar-refractivity contribution in [1.29, 1.82) is 0 Å². The van der Waals surface area contributed by atoms with Gasteiger partial charge in [0.1, 0.15) is 0 Å². The first-order valence-corrected chi connectivity index (χ1v) is 8.53. The molecule has 118 valence electrons. The van der Waals surface area contributed by atoms with Crippen LogP contribution in [0.15, 0.2) is 47.2 Å². The van der Waals surface area contributed by atoms with E-state index in [0.29, 0.717) is 11.6 Å². The monoisotopic (exact) mass is 323 g/mol. The molecule has 0 saturated carbocycles. The molecule has 0 amide bonds. The minimum atomic E-state index is -3.70. The minimum Gasteiger partial charge on any atom is -0.462 e. The molecule has 0 aliphatic carbocycles. The molecule has 0 unspecified atom stereocenters. The first-order chi connectivity index (χ1) is 10.3. The van der Waals surface area contributed by atoms with Crippen LogP contribution < -0.4 is 9.64 Å². The van der Waals surface area contributed by atoms with E-state index in [2.05, 4.69) is 0 Å².